The second-order valence-electron chi connectivity index (χ2n) is 4.64. The van der Waals surface area contributed by atoms with Gasteiger partial charge in [-0.2, -0.15) is 0 Å². The van der Waals surface area contributed by atoms with Crippen molar-refractivity contribution in [1.29, 1.82) is 0 Å². The Morgan fingerprint density at radius 2 is 1.79 bits per heavy atom. The molecule has 0 atom stereocenters. The molecule has 0 fully saturated rings. The van der Waals surface area contributed by atoms with Gasteiger partial charge in [0.1, 0.15) is 0 Å². The Morgan fingerprint density at radius 3 is 2.46 bits per heavy atom. The first-order chi connectivity index (χ1) is 11.5. The van der Waals surface area contributed by atoms with Crippen molar-refractivity contribution in [1.82, 2.24) is 10.9 Å². The van der Waals surface area contributed by atoms with Gasteiger partial charge < -0.3 is 0 Å². The van der Waals surface area contributed by atoms with Crippen molar-refractivity contribution in [3.05, 3.63) is 80.3 Å². The van der Waals surface area contributed by atoms with Crippen LogP contribution in [0.3, 0.4) is 0 Å². The monoisotopic (exact) mass is 389 g/mol. The Morgan fingerprint density at radius 1 is 1.08 bits per heavy atom. The van der Waals surface area contributed by atoms with Crippen LogP contribution in [0, 0.1) is 10.1 Å². The molecule has 0 bridgehead atoms. The van der Waals surface area contributed by atoms with Crippen molar-refractivity contribution < 1.29 is 14.5 Å². The highest BCUT2D eigenvalue weighted by atomic mass is 79.9. The van der Waals surface area contributed by atoms with E-state index in [2.05, 4.69) is 26.8 Å². The number of rotatable bonds is 4. The molecule has 2 amide bonds. The zero-order valence-electron chi connectivity index (χ0n) is 12.2. The van der Waals surface area contributed by atoms with Gasteiger partial charge in [-0.3, -0.25) is 30.6 Å². The van der Waals surface area contributed by atoms with Gasteiger partial charge in [-0.1, -0.05) is 28.1 Å². The van der Waals surface area contributed by atoms with Crippen LogP contribution in [-0.2, 0) is 4.79 Å². The van der Waals surface area contributed by atoms with Crippen molar-refractivity contribution in [2.75, 3.05) is 0 Å². The van der Waals surface area contributed by atoms with E-state index in [1.807, 2.05) is 0 Å². The first kappa shape index (κ1) is 17.4. The zero-order valence-corrected chi connectivity index (χ0v) is 13.8. The highest BCUT2D eigenvalue weighted by Crippen LogP contribution is 2.14. The molecule has 0 aliphatic rings. The number of hydrazine groups is 1. The Labute approximate surface area is 145 Å². The molecule has 8 heteroatoms. The van der Waals surface area contributed by atoms with E-state index in [9.17, 15) is 19.7 Å². The fourth-order valence-electron chi connectivity index (χ4n) is 1.75. The van der Waals surface area contributed by atoms with Gasteiger partial charge in [0.2, 0.25) is 0 Å². The molecule has 122 valence electrons. The molecular formula is C16H12BrN3O4. The van der Waals surface area contributed by atoms with Crippen molar-refractivity contribution in [3.8, 4) is 0 Å². The van der Waals surface area contributed by atoms with Gasteiger partial charge >= 0.3 is 0 Å². The SMILES string of the molecule is O=C(/C=C/c1cccc([N+](=O)[O-])c1)NNC(=O)c1ccc(Br)cc1. The molecule has 0 radical (unpaired) electrons. The molecule has 0 aromatic heterocycles. The summed E-state index contributed by atoms with van der Waals surface area (Å²) in [4.78, 5) is 33.6. The van der Waals surface area contributed by atoms with E-state index in [1.54, 1.807) is 30.3 Å². The lowest BCUT2D eigenvalue weighted by atomic mass is 10.2. The van der Waals surface area contributed by atoms with Gasteiger partial charge in [0, 0.05) is 28.2 Å². The van der Waals surface area contributed by atoms with Crippen LogP contribution < -0.4 is 10.9 Å². The number of non-ortho nitro benzene ring substituents is 1. The molecule has 0 aliphatic heterocycles. The number of carbonyl (C=O) groups excluding carboxylic acids is 2. The van der Waals surface area contributed by atoms with E-state index in [0.29, 0.717) is 11.1 Å². The number of nitrogens with zero attached hydrogens (tertiary/aromatic N) is 1. The first-order valence-electron chi connectivity index (χ1n) is 6.74. The summed E-state index contributed by atoms with van der Waals surface area (Å²) in [6.45, 7) is 0. The minimum Gasteiger partial charge on any atom is -0.268 e. The predicted octanol–water partition coefficient (Wildman–Crippen LogP) is 2.83. The molecule has 0 unspecified atom stereocenters. The summed E-state index contributed by atoms with van der Waals surface area (Å²) >= 11 is 3.26. The standard InChI is InChI=1S/C16H12BrN3O4/c17-13-7-5-12(6-8-13)16(22)19-18-15(21)9-4-11-2-1-3-14(10-11)20(23)24/h1-10H,(H,18,21)(H,19,22)/b9-4+. The molecule has 0 spiro atoms. The highest BCUT2D eigenvalue weighted by Gasteiger charge is 2.06. The van der Waals surface area contributed by atoms with Crippen LogP contribution >= 0.6 is 15.9 Å². The Balaban J connectivity index is 1.91. The fraction of sp³-hybridized carbons (Fsp3) is 0. The summed E-state index contributed by atoms with van der Waals surface area (Å²) in [5, 5.41) is 10.7. The zero-order chi connectivity index (χ0) is 17.5. The van der Waals surface area contributed by atoms with Crippen molar-refractivity contribution in [2.24, 2.45) is 0 Å². The summed E-state index contributed by atoms with van der Waals surface area (Å²) in [6, 6.07) is 12.5. The number of hydrogen-bond acceptors (Lipinski definition) is 4. The van der Waals surface area contributed by atoms with E-state index in [0.717, 1.165) is 4.47 Å². The average molecular weight is 390 g/mol. The topological polar surface area (TPSA) is 101 Å². The van der Waals surface area contributed by atoms with Gasteiger partial charge in [0.15, 0.2) is 0 Å². The predicted molar refractivity (Wildman–Crippen MR) is 91.9 cm³/mol. The molecular weight excluding hydrogens is 378 g/mol. The van der Waals surface area contributed by atoms with Gasteiger partial charge in [0.05, 0.1) is 4.92 Å². The largest absolute Gasteiger partial charge is 0.270 e. The van der Waals surface area contributed by atoms with E-state index in [1.165, 1.54) is 30.4 Å². The number of carbonyl (C=O) groups is 2. The maximum atomic E-state index is 11.8. The number of nitrogens with one attached hydrogen (secondary N) is 2. The molecule has 0 aliphatic carbocycles. The number of amides is 2. The summed E-state index contributed by atoms with van der Waals surface area (Å²) in [6.07, 6.45) is 2.58. The van der Waals surface area contributed by atoms with Crippen LogP contribution in [-0.4, -0.2) is 16.7 Å². The van der Waals surface area contributed by atoms with E-state index in [4.69, 9.17) is 0 Å². The Kier molecular flexibility index (Phi) is 5.80. The minimum absolute atomic E-state index is 0.0684. The lowest BCUT2D eigenvalue weighted by Crippen LogP contribution is -2.40. The summed E-state index contributed by atoms with van der Waals surface area (Å²) in [5.74, 6) is -1.02. The second-order valence-corrected chi connectivity index (χ2v) is 5.55. The van der Waals surface area contributed by atoms with E-state index < -0.39 is 16.7 Å². The molecule has 2 N–H and O–H groups in total. The molecule has 0 saturated heterocycles. The third-order valence-electron chi connectivity index (χ3n) is 2.91. The molecule has 2 aromatic carbocycles. The van der Waals surface area contributed by atoms with Crippen LogP contribution in [0.25, 0.3) is 6.08 Å². The maximum absolute atomic E-state index is 11.8. The normalized spacial score (nSPS) is 10.4. The van der Waals surface area contributed by atoms with Crippen LogP contribution in [0.5, 0.6) is 0 Å². The fourth-order valence-corrected chi connectivity index (χ4v) is 2.01. The van der Waals surface area contributed by atoms with Gasteiger partial charge in [0.25, 0.3) is 17.5 Å². The molecule has 24 heavy (non-hydrogen) atoms. The quantitative estimate of drug-likeness (QED) is 0.476. The number of hydrogen-bond donors (Lipinski definition) is 2. The Bertz CT molecular complexity index is 803. The molecule has 0 heterocycles. The van der Waals surface area contributed by atoms with Crippen LogP contribution in [0.15, 0.2) is 59.1 Å². The van der Waals surface area contributed by atoms with Crippen LogP contribution in [0.2, 0.25) is 0 Å². The van der Waals surface area contributed by atoms with Crippen LogP contribution in [0.4, 0.5) is 5.69 Å². The summed E-state index contributed by atoms with van der Waals surface area (Å²) in [7, 11) is 0. The lowest BCUT2D eigenvalue weighted by Gasteiger charge is -2.05. The molecule has 0 saturated carbocycles. The summed E-state index contributed by atoms with van der Waals surface area (Å²) in [5.41, 5.74) is 5.32. The third-order valence-corrected chi connectivity index (χ3v) is 3.44. The smallest absolute Gasteiger partial charge is 0.268 e. The number of benzene rings is 2. The molecule has 7 nitrogen and oxygen atoms in total. The van der Waals surface area contributed by atoms with E-state index in [-0.39, 0.29) is 5.69 Å². The highest BCUT2D eigenvalue weighted by molar-refractivity contribution is 9.10. The Hall–Kier alpha value is -3.00. The lowest BCUT2D eigenvalue weighted by molar-refractivity contribution is -0.384. The second kappa shape index (κ2) is 8.02. The minimum atomic E-state index is -0.563. The van der Waals surface area contributed by atoms with Crippen molar-refractivity contribution in [2.45, 2.75) is 0 Å². The number of nitro groups is 1. The molecule has 2 aromatic rings. The average Bonchev–Trinajstić information content (AvgIpc) is 2.58. The van der Waals surface area contributed by atoms with Gasteiger partial charge in [-0.25, -0.2) is 0 Å². The number of nitro benzene ring substituents is 1. The number of halogens is 1. The van der Waals surface area contributed by atoms with Crippen molar-refractivity contribution in [3.63, 3.8) is 0 Å². The van der Waals surface area contributed by atoms with Crippen molar-refractivity contribution >= 4 is 39.5 Å². The summed E-state index contributed by atoms with van der Waals surface area (Å²) < 4.78 is 0.836. The van der Waals surface area contributed by atoms with Crippen LogP contribution in [0.1, 0.15) is 15.9 Å². The first-order valence-corrected chi connectivity index (χ1v) is 7.53. The van der Waals surface area contributed by atoms with E-state index >= 15 is 0 Å². The van der Waals surface area contributed by atoms with Gasteiger partial charge in [-0.05, 0) is 35.9 Å². The maximum Gasteiger partial charge on any atom is 0.270 e. The van der Waals surface area contributed by atoms with Gasteiger partial charge in [-0.15, -0.1) is 0 Å². The molecule has 2 rings (SSSR count). The third kappa shape index (κ3) is 5.03.